The third kappa shape index (κ3) is 3.55. The molecule has 1 atom stereocenters. The third-order valence-electron chi connectivity index (χ3n) is 3.02. The molecule has 0 saturated carbocycles. The van der Waals surface area contributed by atoms with E-state index in [0.29, 0.717) is 11.0 Å². The first-order chi connectivity index (χ1) is 9.08. The molecule has 2 aromatic carbocycles. The molecule has 0 amide bonds. The lowest BCUT2D eigenvalue weighted by molar-refractivity contribution is 0.457. The maximum atomic E-state index is 13.1. The van der Waals surface area contributed by atoms with Crippen molar-refractivity contribution in [3.05, 3.63) is 63.9 Å². The first kappa shape index (κ1) is 14.0. The minimum atomic E-state index is -0.239. The van der Waals surface area contributed by atoms with Gasteiger partial charge in [0.15, 0.2) is 0 Å². The van der Waals surface area contributed by atoms with Crippen molar-refractivity contribution in [3.63, 3.8) is 0 Å². The monoisotopic (exact) mass is 323 g/mol. The molecular formula is C15H15BrFNO. The maximum Gasteiger partial charge on any atom is 0.134 e. The van der Waals surface area contributed by atoms with Crippen LogP contribution in [0.5, 0.6) is 5.75 Å². The van der Waals surface area contributed by atoms with E-state index in [9.17, 15) is 9.50 Å². The van der Waals surface area contributed by atoms with Crippen molar-refractivity contribution >= 4 is 15.9 Å². The van der Waals surface area contributed by atoms with E-state index < -0.39 is 0 Å². The topological polar surface area (TPSA) is 32.3 Å². The summed E-state index contributed by atoms with van der Waals surface area (Å²) in [6, 6.07) is 12.0. The molecule has 0 fully saturated rings. The molecule has 0 bridgehead atoms. The van der Waals surface area contributed by atoms with Gasteiger partial charge in [-0.1, -0.05) is 24.3 Å². The second-order valence-corrected chi connectivity index (χ2v) is 5.26. The fourth-order valence-electron chi connectivity index (χ4n) is 1.86. The molecular weight excluding hydrogens is 309 g/mol. The first-order valence-electron chi connectivity index (χ1n) is 6.03. The van der Waals surface area contributed by atoms with Gasteiger partial charge in [0, 0.05) is 18.2 Å². The number of rotatable bonds is 4. The highest BCUT2D eigenvalue weighted by atomic mass is 79.9. The number of aromatic hydroxyl groups is 1. The number of halogens is 2. The van der Waals surface area contributed by atoms with Gasteiger partial charge in [0.25, 0.3) is 0 Å². The molecule has 0 saturated heterocycles. The largest absolute Gasteiger partial charge is 0.506 e. The summed E-state index contributed by atoms with van der Waals surface area (Å²) in [6.45, 7) is 2.48. The highest BCUT2D eigenvalue weighted by Gasteiger charge is 2.08. The summed E-state index contributed by atoms with van der Waals surface area (Å²) in [5, 5.41) is 13.1. The van der Waals surface area contributed by atoms with E-state index in [4.69, 9.17) is 0 Å². The van der Waals surface area contributed by atoms with E-state index in [-0.39, 0.29) is 17.6 Å². The summed E-state index contributed by atoms with van der Waals surface area (Å²) in [5.41, 5.74) is 1.69. The number of phenolic OH excluding ortho intramolecular Hbond substituents is 1. The lowest BCUT2D eigenvalue weighted by atomic mass is 10.1. The summed E-state index contributed by atoms with van der Waals surface area (Å²) in [4.78, 5) is 0. The third-order valence-corrected chi connectivity index (χ3v) is 3.66. The number of hydrogen-bond donors (Lipinski definition) is 2. The first-order valence-corrected chi connectivity index (χ1v) is 6.82. The Morgan fingerprint density at radius 1 is 1.26 bits per heavy atom. The molecule has 19 heavy (non-hydrogen) atoms. The molecule has 0 aliphatic carbocycles. The Balaban J connectivity index is 2.04. The van der Waals surface area contributed by atoms with Crippen LogP contribution < -0.4 is 5.32 Å². The average Bonchev–Trinajstić information content (AvgIpc) is 2.40. The van der Waals surface area contributed by atoms with Crippen LogP contribution in [0, 0.1) is 5.82 Å². The quantitative estimate of drug-likeness (QED) is 0.886. The van der Waals surface area contributed by atoms with Gasteiger partial charge in [0.05, 0.1) is 4.47 Å². The van der Waals surface area contributed by atoms with E-state index in [0.717, 1.165) is 11.1 Å². The normalized spacial score (nSPS) is 12.4. The van der Waals surface area contributed by atoms with E-state index >= 15 is 0 Å². The van der Waals surface area contributed by atoms with Gasteiger partial charge in [-0.2, -0.15) is 0 Å². The van der Waals surface area contributed by atoms with Crippen LogP contribution in [0.15, 0.2) is 46.9 Å². The molecule has 0 spiro atoms. The van der Waals surface area contributed by atoms with E-state index in [1.165, 1.54) is 12.1 Å². The van der Waals surface area contributed by atoms with Crippen molar-refractivity contribution in [2.75, 3.05) is 0 Å². The molecule has 0 unspecified atom stereocenters. The number of phenols is 1. The van der Waals surface area contributed by atoms with Crippen molar-refractivity contribution in [1.82, 2.24) is 5.32 Å². The zero-order valence-corrected chi connectivity index (χ0v) is 12.1. The van der Waals surface area contributed by atoms with E-state index in [1.807, 2.05) is 25.1 Å². The molecule has 2 rings (SSSR count). The van der Waals surface area contributed by atoms with Gasteiger partial charge in [-0.05, 0) is 46.6 Å². The lowest BCUT2D eigenvalue weighted by Gasteiger charge is -2.15. The van der Waals surface area contributed by atoms with Gasteiger partial charge in [-0.3, -0.25) is 0 Å². The van der Waals surface area contributed by atoms with Crippen LogP contribution in [0.25, 0.3) is 0 Å². The highest BCUT2D eigenvalue weighted by molar-refractivity contribution is 9.10. The van der Waals surface area contributed by atoms with Gasteiger partial charge >= 0.3 is 0 Å². The highest BCUT2D eigenvalue weighted by Crippen LogP contribution is 2.27. The zero-order chi connectivity index (χ0) is 13.8. The Hall–Kier alpha value is -1.39. The van der Waals surface area contributed by atoms with Crippen molar-refractivity contribution in [2.24, 2.45) is 0 Å². The maximum absolute atomic E-state index is 13.1. The predicted octanol–water partition coefficient (Wildman–Crippen LogP) is 4.14. The van der Waals surface area contributed by atoms with Gasteiger partial charge < -0.3 is 10.4 Å². The SMILES string of the molecule is C[C@@H](NCc1cccc(Br)c1O)c1cccc(F)c1. The van der Waals surface area contributed by atoms with Crippen molar-refractivity contribution in [3.8, 4) is 5.75 Å². The standard InChI is InChI=1S/C15H15BrFNO/c1-10(11-4-2-6-13(17)8-11)18-9-12-5-3-7-14(16)15(12)19/h2-8,10,18-19H,9H2,1H3/t10-/m1/s1. The molecule has 4 heteroatoms. The molecule has 2 aromatic rings. The Morgan fingerprint density at radius 2 is 2.00 bits per heavy atom. The molecule has 2 N–H and O–H groups in total. The number of nitrogens with one attached hydrogen (secondary N) is 1. The van der Waals surface area contributed by atoms with Crippen LogP contribution in [0.2, 0.25) is 0 Å². The number of para-hydroxylation sites is 1. The van der Waals surface area contributed by atoms with Gasteiger partial charge in [-0.15, -0.1) is 0 Å². The molecule has 2 nitrogen and oxygen atoms in total. The molecule has 0 aliphatic heterocycles. The van der Waals surface area contributed by atoms with Crippen LogP contribution in [0.3, 0.4) is 0 Å². The Morgan fingerprint density at radius 3 is 2.74 bits per heavy atom. The molecule has 0 radical (unpaired) electrons. The smallest absolute Gasteiger partial charge is 0.134 e. The van der Waals surface area contributed by atoms with Gasteiger partial charge in [-0.25, -0.2) is 4.39 Å². The predicted molar refractivity (Wildman–Crippen MR) is 77.5 cm³/mol. The summed E-state index contributed by atoms with van der Waals surface area (Å²) in [5.74, 6) is -0.00195. The minimum absolute atomic E-state index is 0.00841. The van der Waals surface area contributed by atoms with Crippen LogP contribution >= 0.6 is 15.9 Å². The lowest BCUT2D eigenvalue weighted by Crippen LogP contribution is -2.18. The summed E-state index contributed by atoms with van der Waals surface area (Å²) in [6.07, 6.45) is 0. The van der Waals surface area contributed by atoms with Gasteiger partial charge in [0.2, 0.25) is 0 Å². The van der Waals surface area contributed by atoms with Gasteiger partial charge in [0.1, 0.15) is 11.6 Å². The van der Waals surface area contributed by atoms with Crippen molar-refractivity contribution < 1.29 is 9.50 Å². The summed E-state index contributed by atoms with van der Waals surface area (Å²) >= 11 is 3.28. The molecule has 100 valence electrons. The molecule has 0 heterocycles. The van der Waals surface area contributed by atoms with Crippen molar-refractivity contribution in [2.45, 2.75) is 19.5 Å². The van der Waals surface area contributed by atoms with Crippen LogP contribution in [0.4, 0.5) is 4.39 Å². The van der Waals surface area contributed by atoms with E-state index in [1.54, 1.807) is 12.1 Å². The average molecular weight is 324 g/mol. The Bertz CT molecular complexity index is 574. The zero-order valence-electron chi connectivity index (χ0n) is 10.5. The number of hydrogen-bond acceptors (Lipinski definition) is 2. The van der Waals surface area contributed by atoms with Crippen LogP contribution in [-0.4, -0.2) is 5.11 Å². The fraction of sp³-hybridized carbons (Fsp3) is 0.200. The van der Waals surface area contributed by atoms with Crippen LogP contribution in [0.1, 0.15) is 24.1 Å². The van der Waals surface area contributed by atoms with E-state index in [2.05, 4.69) is 21.2 Å². The van der Waals surface area contributed by atoms with Crippen molar-refractivity contribution in [1.29, 1.82) is 0 Å². The molecule has 0 aromatic heterocycles. The van der Waals surface area contributed by atoms with Crippen LogP contribution in [-0.2, 0) is 6.54 Å². The summed E-state index contributed by atoms with van der Waals surface area (Å²) < 4.78 is 13.8. The second kappa shape index (κ2) is 6.17. The second-order valence-electron chi connectivity index (χ2n) is 4.41. The molecule has 0 aliphatic rings. The Labute approximate surface area is 120 Å². The fourth-order valence-corrected chi connectivity index (χ4v) is 2.27. The summed E-state index contributed by atoms with van der Waals surface area (Å²) in [7, 11) is 0. The Kier molecular flexibility index (Phi) is 4.56. The number of benzene rings is 2. The minimum Gasteiger partial charge on any atom is -0.506 e.